The van der Waals surface area contributed by atoms with Crippen LogP contribution in [0.25, 0.3) is 16.9 Å². The Morgan fingerprint density at radius 2 is 1.88 bits per heavy atom. The maximum absolute atomic E-state index is 13.4. The minimum Gasteiger partial charge on any atom is -0.334 e. The van der Waals surface area contributed by atoms with E-state index in [1.165, 1.54) is 12.1 Å². The van der Waals surface area contributed by atoms with Crippen molar-refractivity contribution in [2.45, 2.75) is 45.6 Å². The maximum Gasteiger partial charge on any atom is 0.272 e. The van der Waals surface area contributed by atoms with Crippen LogP contribution in [-0.4, -0.2) is 73.8 Å². The predicted molar refractivity (Wildman–Crippen MR) is 154 cm³/mol. The molecule has 1 saturated heterocycles. The summed E-state index contributed by atoms with van der Waals surface area (Å²) in [6, 6.07) is 11.8. The second-order valence-corrected chi connectivity index (χ2v) is 12.0. The molecular formula is C30H34ClFN6O2. The number of amides is 1. The van der Waals surface area contributed by atoms with Crippen LogP contribution in [0.5, 0.6) is 0 Å². The fourth-order valence-electron chi connectivity index (χ4n) is 4.46. The van der Waals surface area contributed by atoms with E-state index in [1.807, 2.05) is 23.1 Å². The van der Waals surface area contributed by atoms with E-state index in [0.29, 0.717) is 34.6 Å². The van der Waals surface area contributed by atoms with Gasteiger partial charge in [-0.1, -0.05) is 38.4 Å². The molecule has 1 aliphatic rings. The molecule has 0 spiro atoms. The van der Waals surface area contributed by atoms with E-state index in [0.717, 1.165) is 25.2 Å². The molecule has 0 unspecified atom stereocenters. The van der Waals surface area contributed by atoms with E-state index >= 15 is 0 Å². The second-order valence-electron chi connectivity index (χ2n) is 11.5. The van der Waals surface area contributed by atoms with E-state index in [2.05, 4.69) is 61.6 Å². The largest absolute Gasteiger partial charge is 0.334 e. The van der Waals surface area contributed by atoms with Crippen molar-refractivity contribution in [3.63, 3.8) is 0 Å². The first-order chi connectivity index (χ1) is 18.8. The molecule has 40 heavy (non-hydrogen) atoms. The summed E-state index contributed by atoms with van der Waals surface area (Å²) in [6.45, 7) is 12.9. The number of aromatic nitrogens is 4. The van der Waals surface area contributed by atoms with Crippen molar-refractivity contribution in [3.05, 3.63) is 82.6 Å². The summed E-state index contributed by atoms with van der Waals surface area (Å²) in [6.07, 6.45) is 3.93. The average molecular weight is 565 g/mol. The molecule has 0 aliphatic carbocycles. The van der Waals surface area contributed by atoms with E-state index in [1.54, 1.807) is 29.0 Å². The van der Waals surface area contributed by atoms with Gasteiger partial charge in [0.05, 0.1) is 16.9 Å². The number of fused-ring (bicyclic) bond motifs is 1. The molecule has 1 aliphatic heterocycles. The van der Waals surface area contributed by atoms with E-state index in [4.69, 9.17) is 11.6 Å². The highest BCUT2D eigenvalue weighted by atomic mass is 35.5. The van der Waals surface area contributed by atoms with Gasteiger partial charge >= 0.3 is 0 Å². The number of halogens is 2. The first-order valence-electron chi connectivity index (χ1n) is 13.0. The highest BCUT2D eigenvalue weighted by Crippen LogP contribution is 2.31. The minimum absolute atomic E-state index is 0.0304. The Morgan fingerprint density at radius 1 is 1.12 bits per heavy atom. The van der Waals surface area contributed by atoms with Gasteiger partial charge < -0.3 is 4.90 Å². The fourth-order valence-corrected chi connectivity index (χ4v) is 4.65. The molecule has 4 aromatic rings. The fraction of sp³-hybridized carbons (Fsp3) is 0.367. The number of likely N-dealkylation sites (N-methyl/N-ethyl adjacent to an activating group) is 1. The summed E-state index contributed by atoms with van der Waals surface area (Å²) in [7, 11) is 2.10. The van der Waals surface area contributed by atoms with Crippen LogP contribution < -0.4 is 0 Å². The van der Waals surface area contributed by atoms with Gasteiger partial charge in [0.15, 0.2) is 11.9 Å². The summed E-state index contributed by atoms with van der Waals surface area (Å²) in [4.78, 5) is 35.9. The van der Waals surface area contributed by atoms with Crippen molar-refractivity contribution < 1.29 is 14.0 Å². The van der Waals surface area contributed by atoms with Gasteiger partial charge in [0.1, 0.15) is 17.2 Å². The standard InChI is InChI=1S/C17H15ClFN3O.C13H19N3O/c1-17(2,3)12-7-15(10-4-5-14(19)13(18)6-10)21-22-8-11(9-23)20-16(12)22;1-13(2)10-16(9-8-15(13)3)12(17)11-6-4-5-7-14-11/h4-9H,1-3H3;4-7H,8-10H2,1-3H3. The molecule has 1 aromatic carbocycles. The third-order valence-corrected chi connectivity index (χ3v) is 7.37. The smallest absolute Gasteiger partial charge is 0.272 e. The molecule has 10 heteroatoms. The van der Waals surface area contributed by atoms with E-state index < -0.39 is 5.82 Å². The summed E-state index contributed by atoms with van der Waals surface area (Å²) in [5.74, 6) is -0.440. The lowest BCUT2D eigenvalue weighted by molar-refractivity contribution is 0.0307. The number of rotatable bonds is 3. The van der Waals surface area contributed by atoms with Crippen LogP contribution in [0, 0.1) is 5.82 Å². The van der Waals surface area contributed by atoms with Gasteiger partial charge in [-0.05, 0) is 62.7 Å². The molecule has 0 N–H and O–H groups in total. The SMILES string of the molecule is CC(C)(C)c1cc(-c2ccc(F)c(Cl)c2)nn2cc(C=O)nc12.CN1CCN(C(=O)c2ccccn2)CC1(C)C. The summed E-state index contributed by atoms with van der Waals surface area (Å²) in [5, 5.41) is 4.52. The molecule has 0 atom stereocenters. The molecule has 8 nitrogen and oxygen atoms in total. The van der Waals surface area contributed by atoms with Crippen molar-refractivity contribution in [1.29, 1.82) is 0 Å². The lowest BCUT2D eigenvalue weighted by Gasteiger charge is -2.45. The first kappa shape index (κ1) is 29.3. The van der Waals surface area contributed by atoms with Gasteiger partial charge in [-0.3, -0.25) is 19.5 Å². The van der Waals surface area contributed by atoms with E-state index in [-0.39, 0.29) is 21.9 Å². The first-order valence-corrected chi connectivity index (χ1v) is 13.4. The van der Waals surface area contributed by atoms with Crippen LogP contribution >= 0.6 is 11.6 Å². The number of imidazole rings is 1. The van der Waals surface area contributed by atoms with Gasteiger partial charge in [0.25, 0.3) is 5.91 Å². The van der Waals surface area contributed by atoms with Crippen molar-refractivity contribution in [3.8, 4) is 11.3 Å². The molecule has 3 aromatic heterocycles. The Balaban J connectivity index is 0.000000194. The van der Waals surface area contributed by atoms with Gasteiger partial charge in [-0.15, -0.1) is 0 Å². The number of nitrogens with zero attached hydrogens (tertiary/aromatic N) is 6. The van der Waals surface area contributed by atoms with Crippen molar-refractivity contribution in [1.82, 2.24) is 29.4 Å². The molecule has 0 saturated carbocycles. The highest BCUT2D eigenvalue weighted by molar-refractivity contribution is 6.31. The average Bonchev–Trinajstić information content (AvgIpc) is 3.34. The summed E-state index contributed by atoms with van der Waals surface area (Å²) >= 11 is 5.87. The maximum atomic E-state index is 13.4. The molecule has 0 bridgehead atoms. The van der Waals surface area contributed by atoms with E-state index in [9.17, 15) is 14.0 Å². The number of pyridine rings is 1. The van der Waals surface area contributed by atoms with Crippen molar-refractivity contribution >= 4 is 29.4 Å². The predicted octanol–water partition coefficient (Wildman–Crippen LogP) is 5.55. The zero-order valence-corrected chi connectivity index (χ0v) is 24.4. The molecule has 5 rings (SSSR count). The van der Waals surface area contributed by atoms with Crippen LogP contribution in [0.15, 0.2) is 54.9 Å². The Morgan fingerprint density at radius 3 is 2.48 bits per heavy atom. The van der Waals surface area contributed by atoms with Gasteiger partial charge in [0, 0.05) is 42.5 Å². The van der Waals surface area contributed by atoms with Crippen LogP contribution in [0.4, 0.5) is 4.39 Å². The molecule has 0 radical (unpaired) electrons. The molecule has 1 amide bonds. The lowest BCUT2D eigenvalue weighted by Crippen LogP contribution is -2.58. The second kappa shape index (κ2) is 11.4. The molecule has 210 valence electrons. The number of hydrogen-bond acceptors (Lipinski definition) is 6. The third-order valence-electron chi connectivity index (χ3n) is 7.08. The van der Waals surface area contributed by atoms with Crippen LogP contribution in [0.1, 0.15) is 61.2 Å². The number of carbonyl (C=O) groups excluding carboxylic acids is 2. The Bertz CT molecular complexity index is 1530. The number of hydrogen-bond donors (Lipinski definition) is 0. The number of carbonyl (C=O) groups is 2. The number of benzene rings is 1. The zero-order chi connectivity index (χ0) is 29.2. The highest BCUT2D eigenvalue weighted by Gasteiger charge is 2.33. The monoisotopic (exact) mass is 564 g/mol. The van der Waals surface area contributed by atoms with Crippen LogP contribution in [-0.2, 0) is 5.41 Å². The zero-order valence-electron chi connectivity index (χ0n) is 23.7. The van der Waals surface area contributed by atoms with Crippen molar-refractivity contribution in [2.75, 3.05) is 26.7 Å². The minimum atomic E-state index is -0.474. The van der Waals surface area contributed by atoms with Gasteiger partial charge in [-0.25, -0.2) is 13.9 Å². The van der Waals surface area contributed by atoms with Gasteiger partial charge in [-0.2, -0.15) is 5.10 Å². The van der Waals surface area contributed by atoms with Crippen LogP contribution in [0.3, 0.4) is 0 Å². The summed E-state index contributed by atoms with van der Waals surface area (Å²) < 4.78 is 15.0. The molecule has 4 heterocycles. The van der Waals surface area contributed by atoms with Crippen molar-refractivity contribution in [2.24, 2.45) is 0 Å². The Kier molecular flexibility index (Phi) is 8.37. The normalized spacial score (nSPS) is 15.4. The van der Waals surface area contributed by atoms with Gasteiger partial charge in [0.2, 0.25) is 0 Å². The third kappa shape index (κ3) is 6.37. The quantitative estimate of drug-likeness (QED) is 0.304. The number of aldehydes is 1. The molecule has 1 fully saturated rings. The molecular weight excluding hydrogens is 531 g/mol. The number of piperazine rings is 1. The van der Waals surface area contributed by atoms with Crippen LogP contribution in [0.2, 0.25) is 5.02 Å². The Hall–Kier alpha value is -3.69. The summed E-state index contributed by atoms with van der Waals surface area (Å²) in [5.41, 5.74) is 3.60. The topological polar surface area (TPSA) is 83.7 Å². The lowest BCUT2D eigenvalue weighted by atomic mass is 9.87. The Labute approximate surface area is 238 Å².